The summed E-state index contributed by atoms with van der Waals surface area (Å²) in [6.45, 7) is 3.98. The van der Waals surface area contributed by atoms with Crippen LogP contribution in [0, 0.1) is 5.92 Å². The van der Waals surface area contributed by atoms with E-state index in [-0.39, 0.29) is 5.54 Å². The lowest BCUT2D eigenvalue weighted by molar-refractivity contribution is -0.140. The van der Waals surface area contributed by atoms with Gasteiger partial charge in [0.15, 0.2) is 0 Å². The minimum Gasteiger partial charge on any atom is -0.333 e. The summed E-state index contributed by atoms with van der Waals surface area (Å²) in [6, 6.07) is 2.61. The molecule has 1 aromatic rings. The number of thiophene rings is 1. The number of nitrogens with zero attached hydrogens (tertiary/aromatic N) is 1. The molecule has 1 saturated heterocycles. The first kappa shape index (κ1) is 12.8. The summed E-state index contributed by atoms with van der Waals surface area (Å²) < 4.78 is 0. The molecule has 4 rings (SSSR count). The molecule has 2 atom stereocenters. The van der Waals surface area contributed by atoms with E-state index >= 15 is 0 Å². The third-order valence-corrected chi connectivity index (χ3v) is 6.18. The van der Waals surface area contributed by atoms with Gasteiger partial charge in [0.2, 0.25) is 5.91 Å². The average Bonchev–Trinajstić information content (AvgIpc) is 3.00. The Labute approximate surface area is 124 Å². The Kier molecular flexibility index (Phi) is 2.93. The van der Waals surface area contributed by atoms with E-state index in [1.54, 1.807) is 0 Å². The van der Waals surface area contributed by atoms with Crippen molar-refractivity contribution in [3.63, 3.8) is 0 Å². The fraction of sp³-hybridized carbons (Fsp3) is 0.688. The van der Waals surface area contributed by atoms with Crippen LogP contribution in [0.1, 0.15) is 49.1 Å². The second-order valence-corrected chi connectivity index (χ2v) is 7.69. The first-order chi connectivity index (χ1) is 9.69. The van der Waals surface area contributed by atoms with Crippen LogP contribution in [0.2, 0.25) is 0 Å². The van der Waals surface area contributed by atoms with Crippen LogP contribution < -0.4 is 5.32 Å². The highest BCUT2D eigenvalue weighted by molar-refractivity contribution is 7.10. The molecule has 2 aliphatic heterocycles. The first-order valence-corrected chi connectivity index (χ1v) is 8.69. The van der Waals surface area contributed by atoms with Gasteiger partial charge in [-0.2, -0.15) is 0 Å². The third-order valence-electron chi connectivity index (χ3n) is 5.18. The molecule has 108 valence electrons. The first-order valence-electron chi connectivity index (χ1n) is 7.81. The summed E-state index contributed by atoms with van der Waals surface area (Å²) >= 11 is 1.87. The Morgan fingerprint density at radius 2 is 2.35 bits per heavy atom. The van der Waals surface area contributed by atoms with Gasteiger partial charge in [-0.3, -0.25) is 4.79 Å². The maximum Gasteiger partial charge on any atom is 0.243 e. The molecule has 3 nitrogen and oxygen atoms in total. The van der Waals surface area contributed by atoms with Gasteiger partial charge in [-0.1, -0.05) is 0 Å². The normalized spacial score (nSPS) is 33.2. The van der Waals surface area contributed by atoms with Crippen LogP contribution >= 0.6 is 11.3 Å². The summed E-state index contributed by atoms with van der Waals surface area (Å²) in [6.07, 6.45) is 5.71. The van der Waals surface area contributed by atoms with Crippen molar-refractivity contribution in [2.75, 3.05) is 13.1 Å². The lowest BCUT2D eigenvalue weighted by atomic mass is 9.91. The van der Waals surface area contributed by atoms with Crippen molar-refractivity contribution in [2.45, 2.75) is 50.6 Å². The van der Waals surface area contributed by atoms with Gasteiger partial charge in [-0.15, -0.1) is 11.3 Å². The molecule has 0 spiro atoms. The predicted molar refractivity (Wildman–Crippen MR) is 80.8 cm³/mol. The number of rotatable bonds is 2. The molecular formula is C16H22N2OS. The van der Waals surface area contributed by atoms with Gasteiger partial charge in [0.05, 0.1) is 11.6 Å². The fourth-order valence-electron chi connectivity index (χ4n) is 3.89. The second kappa shape index (κ2) is 4.57. The van der Waals surface area contributed by atoms with Crippen LogP contribution in [-0.4, -0.2) is 29.4 Å². The maximum absolute atomic E-state index is 13.1. The van der Waals surface area contributed by atoms with Gasteiger partial charge in [0, 0.05) is 11.4 Å². The molecular weight excluding hydrogens is 268 g/mol. The van der Waals surface area contributed by atoms with Crippen molar-refractivity contribution >= 4 is 17.2 Å². The van der Waals surface area contributed by atoms with Gasteiger partial charge in [0.1, 0.15) is 0 Å². The number of amides is 1. The van der Waals surface area contributed by atoms with Gasteiger partial charge in [0.25, 0.3) is 0 Å². The number of hydrogen-bond acceptors (Lipinski definition) is 3. The quantitative estimate of drug-likeness (QED) is 0.908. The Bertz CT molecular complexity index is 528. The van der Waals surface area contributed by atoms with Gasteiger partial charge in [-0.25, -0.2) is 0 Å². The molecule has 3 heterocycles. The largest absolute Gasteiger partial charge is 0.333 e. The Morgan fingerprint density at radius 3 is 3.05 bits per heavy atom. The summed E-state index contributed by atoms with van der Waals surface area (Å²) in [4.78, 5) is 16.8. The zero-order valence-corrected chi connectivity index (χ0v) is 12.8. The van der Waals surface area contributed by atoms with Crippen molar-refractivity contribution in [1.82, 2.24) is 10.2 Å². The number of fused-ring (bicyclic) bond motifs is 1. The lowest BCUT2D eigenvalue weighted by Gasteiger charge is -2.40. The molecule has 2 unspecified atom stereocenters. The monoisotopic (exact) mass is 290 g/mol. The second-order valence-electron chi connectivity index (χ2n) is 6.69. The summed E-state index contributed by atoms with van der Waals surface area (Å²) in [5, 5.41) is 5.64. The number of carbonyl (C=O) groups is 1. The summed E-state index contributed by atoms with van der Waals surface area (Å²) in [7, 11) is 0. The van der Waals surface area contributed by atoms with Gasteiger partial charge in [-0.05, 0) is 68.5 Å². The molecule has 20 heavy (non-hydrogen) atoms. The minimum absolute atomic E-state index is 0.319. The highest BCUT2D eigenvalue weighted by atomic mass is 32.1. The van der Waals surface area contributed by atoms with E-state index in [4.69, 9.17) is 0 Å². The Morgan fingerprint density at radius 1 is 1.50 bits per heavy atom. The van der Waals surface area contributed by atoms with E-state index < -0.39 is 0 Å². The lowest BCUT2D eigenvalue weighted by Crippen LogP contribution is -2.55. The van der Waals surface area contributed by atoms with Crippen molar-refractivity contribution < 1.29 is 4.79 Å². The number of carbonyl (C=O) groups excluding carboxylic acids is 1. The van der Waals surface area contributed by atoms with Crippen LogP contribution in [-0.2, 0) is 11.2 Å². The maximum atomic E-state index is 13.1. The SMILES string of the molecule is CC1(C(=O)N2CCc3sccc3C2C2CC2)CCCN1. The predicted octanol–water partition coefficient (Wildman–Crippen LogP) is 2.73. The van der Waals surface area contributed by atoms with Crippen molar-refractivity contribution in [2.24, 2.45) is 5.92 Å². The molecule has 1 aliphatic carbocycles. The molecule has 0 aromatic carbocycles. The van der Waals surface area contributed by atoms with Crippen LogP contribution in [0.5, 0.6) is 0 Å². The van der Waals surface area contributed by atoms with E-state index in [1.165, 1.54) is 23.3 Å². The van der Waals surface area contributed by atoms with E-state index in [9.17, 15) is 4.79 Å². The summed E-state index contributed by atoms with van der Waals surface area (Å²) in [5.74, 6) is 1.04. The average molecular weight is 290 g/mol. The standard InChI is InChI=1S/C16H22N2OS/c1-16(7-2-8-17-16)15(19)18-9-5-13-12(6-10-20-13)14(18)11-3-4-11/h6,10-11,14,17H,2-5,7-9H2,1H3. The zero-order chi connectivity index (χ0) is 13.7. The molecule has 1 N–H and O–H groups in total. The fourth-order valence-corrected chi connectivity index (χ4v) is 4.80. The van der Waals surface area contributed by atoms with Crippen LogP contribution in [0.25, 0.3) is 0 Å². The van der Waals surface area contributed by atoms with E-state index in [1.807, 2.05) is 11.3 Å². The van der Waals surface area contributed by atoms with Crippen LogP contribution in [0.15, 0.2) is 11.4 Å². The molecule has 1 saturated carbocycles. The molecule has 1 amide bonds. The highest BCUT2D eigenvalue weighted by Gasteiger charge is 2.47. The van der Waals surface area contributed by atoms with E-state index in [0.29, 0.717) is 17.9 Å². The van der Waals surface area contributed by atoms with Crippen molar-refractivity contribution in [3.05, 3.63) is 21.9 Å². The van der Waals surface area contributed by atoms with Crippen LogP contribution in [0.4, 0.5) is 0 Å². The van der Waals surface area contributed by atoms with E-state index in [2.05, 4.69) is 28.6 Å². The Balaban J connectivity index is 1.66. The zero-order valence-electron chi connectivity index (χ0n) is 12.0. The topological polar surface area (TPSA) is 32.3 Å². The van der Waals surface area contributed by atoms with Gasteiger partial charge >= 0.3 is 0 Å². The minimum atomic E-state index is -0.319. The smallest absolute Gasteiger partial charge is 0.243 e. The highest BCUT2D eigenvalue weighted by Crippen LogP contribution is 2.49. The Hall–Kier alpha value is -0.870. The molecule has 0 bridgehead atoms. The molecule has 0 radical (unpaired) electrons. The van der Waals surface area contributed by atoms with E-state index in [0.717, 1.165) is 32.4 Å². The molecule has 4 heteroatoms. The molecule has 3 aliphatic rings. The molecule has 1 aromatic heterocycles. The van der Waals surface area contributed by atoms with Gasteiger partial charge < -0.3 is 10.2 Å². The third kappa shape index (κ3) is 1.92. The van der Waals surface area contributed by atoms with Crippen LogP contribution in [0.3, 0.4) is 0 Å². The van der Waals surface area contributed by atoms with Crippen molar-refractivity contribution in [1.29, 1.82) is 0 Å². The number of nitrogens with one attached hydrogen (secondary N) is 1. The number of hydrogen-bond donors (Lipinski definition) is 1. The molecule has 2 fully saturated rings. The summed E-state index contributed by atoms with van der Waals surface area (Å²) in [5.41, 5.74) is 1.12. The van der Waals surface area contributed by atoms with Crippen molar-refractivity contribution in [3.8, 4) is 0 Å².